The second-order valence-electron chi connectivity index (χ2n) is 8.22. The maximum Gasteiger partial charge on any atom is 0.411 e. The van der Waals surface area contributed by atoms with Crippen LogP contribution in [-0.4, -0.2) is 24.4 Å². The number of rotatable bonds is 10. The largest absolute Gasteiger partial charge is 0.411 e. The molecule has 0 unspecified atom stereocenters. The zero-order chi connectivity index (χ0) is 24.9. The minimum Gasteiger partial charge on any atom is -0.382 e. The van der Waals surface area contributed by atoms with E-state index in [0.29, 0.717) is 11.4 Å². The fourth-order valence-corrected chi connectivity index (χ4v) is 4.07. The van der Waals surface area contributed by atoms with Gasteiger partial charge in [-0.25, -0.2) is 0 Å². The number of halogens is 6. The Hall–Kier alpha value is -2.38. The Labute approximate surface area is 191 Å². The van der Waals surface area contributed by atoms with Crippen molar-refractivity contribution in [2.75, 3.05) is 10.6 Å². The third kappa shape index (κ3) is 5.58. The molecule has 0 bridgehead atoms. The molecule has 2 nitrogen and oxygen atoms in total. The van der Waals surface area contributed by atoms with E-state index in [0.717, 1.165) is 49.9 Å². The van der Waals surface area contributed by atoms with E-state index in [2.05, 4.69) is 10.6 Å². The predicted molar refractivity (Wildman–Crippen MR) is 122 cm³/mol. The Morgan fingerprint density at radius 2 is 0.818 bits per heavy atom. The monoisotopic (exact) mass is 474 g/mol. The lowest BCUT2D eigenvalue weighted by atomic mass is 9.73. The van der Waals surface area contributed by atoms with Crippen LogP contribution in [0.5, 0.6) is 0 Å². The molecule has 0 amide bonds. The molecule has 0 atom stereocenters. The highest BCUT2D eigenvalue weighted by Gasteiger charge is 2.72. The molecule has 0 aliphatic carbocycles. The molecule has 0 saturated carbocycles. The molecule has 0 aliphatic rings. The van der Waals surface area contributed by atoms with Crippen molar-refractivity contribution in [2.45, 2.75) is 83.2 Å². The van der Waals surface area contributed by atoms with Crippen LogP contribution in [0.2, 0.25) is 0 Å². The smallest absolute Gasteiger partial charge is 0.382 e. The zero-order valence-corrected chi connectivity index (χ0v) is 19.4. The number of alkyl halides is 6. The van der Waals surface area contributed by atoms with Gasteiger partial charge in [-0.1, -0.05) is 52.0 Å². The number of anilines is 2. The van der Waals surface area contributed by atoms with Crippen molar-refractivity contribution in [3.8, 4) is 0 Å². The lowest BCUT2D eigenvalue weighted by molar-refractivity contribution is -0.288. The first-order chi connectivity index (χ1) is 15.4. The van der Waals surface area contributed by atoms with Gasteiger partial charge in [-0.15, -0.1) is 0 Å². The average molecular weight is 475 g/mol. The molecule has 0 heterocycles. The van der Waals surface area contributed by atoms with E-state index >= 15 is 0 Å². The Kier molecular flexibility index (Phi) is 8.71. The van der Waals surface area contributed by atoms with Gasteiger partial charge in [-0.05, 0) is 61.1 Å². The molecule has 0 aliphatic heterocycles. The molecular formula is C25H32F6N2. The summed E-state index contributed by atoms with van der Waals surface area (Å²) < 4.78 is 86.0. The molecule has 2 rings (SSSR count). The Bertz CT molecular complexity index is 775. The predicted octanol–water partition coefficient (Wildman–Crippen LogP) is 8.30. The van der Waals surface area contributed by atoms with E-state index in [-0.39, 0.29) is 12.1 Å². The van der Waals surface area contributed by atoms with Gasteiger partial charge in [0.1, 0.15) is 0 Å². The molecule has 0 radical (unpaired) electrons. The standard InChI is InChI=1S/C25H32F6N2/c1-5-19(6-2)32-21-13-9-17(10-14-21)23(24(26,27)28,25(29,30)31)18-11-15-22(16-12-18)33-20(7-3)8-4/h9-16,19-20,32-33H,5-8H2,1-4H3. The summed E-state index contributed by atoms with van der Waals surface area (Å²) in [6, 6.07) is 8.97. The van der Waals surface area contributed by atoms with Crippen LogP contribution in [0, 0.1) is 0 Å². The third-order valence-electron chi connectivity index (χ3n) is 6.20. The normalized spacial score (nSPS) is 13.0. The van der Waals surface area contributed by atoms with Crippen LogP contribution in [0.1, 0.15) is 64.5 Å². The Balaban J connectivity index is 2.57. The summed E-state index contributed by atoms with van der Waals surface area (Å²) in [5.74, 6) is 0. The van der Waals surface area contributed by atoms with E-state index in [9.17, 15) is 26.3 Å². The van der Waals surface area contributed by atoms with E-state index in [1.165, 1.54) is 24.3 Å². The van der Waals surface area contributed by atoms with Crippen LogP contribution in [-0.2, 0) is 5.41 Å². The highest BCUT2D eigenvalue weighted by molar-refractivity contribution is 5.54. The number of hydrogen-bond acceptors (Lipinski definition) is 2. The Morgan fingerprint density at radius 3 is 1.03 bits per heavy atom. The molecule has 2 aromatic carbocycles. The van der Waals surface area contributed by atoms with Crippen molar-refractivity contribution in [1.82, 2.24) is 0 Å². The minimum absolute atomic E-state index is 0.0842. The number of hydrogen-bond donors (Lipinski definition) is 2. The lowest BCUT2D eigenvalue weighted by Gasteiger charge is -2.38. The molecule has 0 spiro atoms. The summed E-state index contributed by atoms with van der Waals surface area (Å²) in [5, 5.41) is 6.28. The SMILES string of the molecule is CCC(CC)Nc1ccc(C(c2ccc(NC(CC)CC)cc2)(C(F)(F)F)C(F)(F)F)cc1. The first kappa shape index (κ1) is 26.9. The van der Waals surface area contributed by atoms with E-state index in [1.54, 1.807) is 0 Å². The van der Waals surface area contributed by atoms with Crippen LogP contribution >= 0.6 is 0 Å². The van der Waals surface area contributed by atoms with Gasteiger partial charge in [0, 0.05) is 23.5 Å². The summed E-state index contributed by atoms with van der Waals surface area (Å²) in [6.45, 7) is 7.82. The van der Waals surface area contributed by atoms with Crippen LogP contribution in [0.4, 0.5) is 37.7 Å². The maximum atomic E-state index is 14.3. The maximum absolute atomic E-state index is 14.3. The topological polar surface area (TPSA) is 24.1 Å². The second kappa shape index (κ2) is 10.7. The highest BCUT2D eigenvalue weighted by atomic mass is 19.4. The summed E-state index contributed by atoms with van der Waals surface area (Å²) >= 11 is 0. The van der Waals surface area contributed by atoms with Crippen molar-refractivity contribution in [1.29, 1.82) is 0 Å². The Morgan fingerprint density at radius 1 is 0.545 bits per heavy atom. The first-order valence-corrected chi connectivity index (χ1v) is 11.3. The van der Waals surface area contributed by atoms with Crippen molar-refractivity contribution >= 4 is 11.4 Å². The minimum atomic E-state index is -5.60. The molecule has 2 N–H and O–H groups in total. The molecule has 8 heteroatoms. The van der Waals surface area contributed by atoms with Gasteiger partial charge in [0.05, 0.1) is 0 Å². The van der Waals surface area contributed by atoms with E-state index in [1.807, 2.05) is 27.7 Å². The van der Waals surface area contributed by atoms with Gasteiger partial charge in [0.25, 0.3) is 0 Å². The molecular weight excluding hydrogens is 442 g/mol. The van der Waals surface area contributed by atoms with Crippen LogP contribution in [0.15, 0.2) is 48.5 Å². The van der Waals surface area contributed by atoms with Gasteiger partial charge in [0.2, 0.25) is 5.41 Å². The van der Waals surface area contributed by atoms with Gasteiger partial charge in [-0.3, -0.25) is 0 Å². The van der Waals surface area contributed by atoms with Crippen molar-refractivity contribution < 1.29 is 26.3 Å². The van der Waals surface area contributed by atoms with E-state index < -0.39 is 28.9 Å². The fraction of sp³-hybridized carbons (Fsp3) is 0.520. The molecule has 0 aromatic heterocycles. The molecule has 2 aromatic rings. The van der Waals surface area contributed by atoms with Gasteiger partial charge < -0.3 is 10.6 Å². The molecule has 0 fully saturated rings. The number of benzene rings is 2. The summed E-state index contributed by atoms with van der Waals surface area (Å²) in [6.07, 6.45) is -8.07. The third-order valence-corrected chi connectivity index (χ3v) is 6.20. The summed E-state index contributed by atoms with van der Waals surface area (Å²) in [4.78, 5) is 0. The van der Waals surface area contributed by atoms with E-state index in [4.69, 9.17) is 0 Å². The van der Waals surface area contributed by atoms with Gasteiger partial charge in [0.15, 0.2) is 0 Å². The lowest BCUT2D eigenvalue weighted by Crippen LogP contribution is -2.54. The molecule has 0 saturated heterocycles. The quantitative estimate of drug-likeness (QED) is 0.339. The van der Waals surface area contributed by atoms with Gasteiger partial charge >= 0.3 is 12.4 Å². The van der Waals surface area contributed by atoms with Crippen LogP contribution < -0.4 is 10.6 Å². The summed E-state index contributed by atoms with van der Waals surface area (Å²) in [5.41, 5.74) is -4.90. The molecule has 33 heavy (non-hydrogen) atoms. The fourth-order valence-electron chi connectivity index (χ4n) is 4.07. The summed E-state index contributed by atoms with van der Waals surface area (Å²) in [7, 11) is 0. The van der Waals surface area contributed by atoms with Crippen LogP contribution in [0.25, 0.3) is 0 Å². The van der Waals surface area contributed by atoms with Crippen molar-refractivity contribution in [2.24, 2.45) is 0 Å². The number of nitrogens with one attached hydrogen (secondary N) is 2. The van der Waals surface area contributed by atoms with Crippen molar-refractivity contribution in [3.63, 3.8) is 0 Å². The van der Waals surface area contributed by atoms with Crippen molar-refractivity contribution in [3.05, 3.63) is 59.7 Å². The van der Waals surface area contributed by atoms with Crippen LogP contribution in [0.3, 0.4) is 0 Å². The zero-order valence-electron chi connectivity index (χ0n) is 19.4. The molecule has 184 valence electrons. The van der Waals surface area contributed by atoms with Gasteiger partial charge in [-0.2, -0.15) is 26.3 Å². The first-order valence-electron chi connectivity index (χ1n) is 11.3. The second-order valence-corrected chi connectivity index (χ2v) is 8.22. The highest BCUT2D eigenvalue weighted by Crippen LogP contribution is 2.56. The average Bonchev–Trinajstić information content (AvgIpc) is 2.76.